The van der Waals surface area contributed by atoms with Gasteiger partial charge in [-0.15, -0.1) is 0 Å². The molecule has 0 spiro atoms. The van der Waals surface area contributed by atoms with Gasteiger partial charge in [0.25, 0.3) is 0 Å². The highest BCUT2D eigenvalue weighted by atomic mass is 19.4. The molecule has 0 radical (unpaired) electrons. The summed E-state index contributed by atoms with van der Waals surface area (Å²) >= 11 is 0. The van der Waals surface area contributed by atoms with E-state index in [-0.39, 0.29) is 5.56 Å². The number of alkyl halides is 3. The second kappa shape index (κ2) is 6.41. The van der Waals surface area contributed by atoms with Gasteiger partial charge >= 0.3 is 6.18 Å². The van der Waals surface area contributed by atoms with E-state index in [0.717, 1.165) is 5.56 Å². The van der Waals surface area contributed by atoms with Crippen LogP contribution < -0.4 is 0 Å². The monoisotopic (exact) mass is 301 g/mol. The summed E-state index contributed by atoms with van der Waals surface area (Å²) in [5.74, 6) is -0.559. The molecule has 1 aliphatic rings. The minimum absolute atomic E-state index is 0.0109. The fourth-order valence-electron chi connectivity index (χ4n) is 2.37. The molecule has 0 aromatic heterocycles. The first-order valence-corrected chi connectivity index (χ1v) is 6.57. The second-order valence-corrected chi connectivity index (χ2v) is 5.09. The fraction of sp³-hybridized carbons (Fsp3) is 0.500. The number of nitrogens with zero attached hydrogens (tertiary/aromatic N) is 3. The largest absolute Gasteiger partial charge is 0.401 e. The molecule has 7 heteroatoms. The van der Waals surface area contributed by atoms with Crippen LogP contribution in [0.2, 0.25) is 0 Å². The maximum absolute atomic E-state index is 13.2. The molecule has 0 unspecified atom stereocenters. The molecule has 1 aromatic rings. The fourth-order valence-corrected chi connectivity index (χ4v) is 2.37. The zero-order chi connectivity index (χ0) is 15.5. The predicted octanol–water partition coefficient (Wildman–Crippen LogP) is 2.38. The van der Waals surface area contributed by atoms with Crippen molar-refractivity contribution >= 4 is 0 Å². The van der Waals surface area contributed by atoms with E-state index in [1.165, 1.54) is 17.0 Å². The molecule has 0 N–H and O–H groups in total. The van der Waals surface area contributed by atoms with Gasteiger partial charge in [0.05, 0.1) is 12.1 Å². The topological polar surface area (TPSA) is 30.3 Å². The number of hydrogen-bond donors (Lipinski definition) is 0. The molecule has 1 aliphatic heterocycles. The number of piperazine rings is 1. The lowest BCUT2D eigenvalue weighted by Gasteiger charge is -2.35. The Morgan fingerprint density at radius 3 is 2.29 bits per heavy atom. The van der Waals surface area contributed by atoms with E-state index >= 15 is 0 Å². The Hall–Kier alpha value is -1.65. The summed E-state index contributed by atoms with van der Waals surface area (Å²) in [6.45, 7) is 1.38. The number of nitriles is 1. The lowest BCUT2D eigenvalue weighted by molar-refractivity contribution is -0.149. The normalized spacial score (nSPS) is 17.7. The lowest BCUT2D eigenvalue weighted by Crippen LogP contribution is -2.48. The highest BCUT2D eigenvalue weighted by Gasteiger charge is 2.32. The van der Waals surface area contributed by atoms with Crippen molar-refractivity contribution in [3.8, 4) is 6.07 Å². The van der Waals surface area contributed by atoms with Gasteiger partial charge in [-0.3, -0.25) is 9.80 Å². The molecule has 114 valence electrons. The van der Waals surface area contributed by atoms with Crippen LogP contribution in [0.1, 0.15) is 11.1 Å². The predicted molar refractivity (Wildman–Crippen MR) is 68.9 cm³/mol. The Kier molecular flexibility index (Phi) is 4.80. The maximum atomic E-state index is 13.2. The smallest absolute Gasteiger partial charge is 0.297 e. The molecule has 2 rings (SSSR count). The first kappa shape index (κ1) is 15.7. The molecule has 1 aromatic carbocycles. The third-order valence-electron chi connectivity index (χ3n) is 3.43. The van der Waals surface area contributed by atoms with Crippen LogP contribution in [-0.2, 0) is 6.54 Å². The summed E-state index contributed by atoms with van der Waals surface area (Å²) in [4.78, 5) is 3.38. The van der Waals surface area contributed by atoms with Gasteiger partial charge in [0.2, 0.25) is 0 Å². The third-order valence-corrected chi connectivity index (χ3v) is 3.43. The van der Waals surface area contributed by atoms with E-state index < -0.39 is 18.5 Å². The van der Waals surface area contributed by atoms with Crippen LogP contribution in [0.4, 0.5) is 17.6 Å². The Balaban J connectivity index is 1.88. The molecule has 21 heavy (non-hydrogen) atoms. The Labute approximate surface area is 120 Å². The summed E-state index contributed by atoms with van der Waals surface area (Å²) in [7, 11) is 0. The molecule has 1 fully saturated rings. The van der Waals surface area contributed by atoms with Crippen LogP contribution >= 0.6 is 0 Å². The van der Waals surface area contributed by atoms with Gasteiger partial charge in [-0.25, -0.2) is 4.39 Å². The first-order valence-electron chi connectivity index (χ1n) is 6.57. The van der Waals surface area contributed by atoms with Crippen molar-refractivity contribution in [1.29, 1.82) is 5.26 Å². The van der Waals surface area contributed by atoms with Gasteiger partial charge in [-0.05, 0) is 17.7 Å². The molecule has 0 amide bonds. The highest BCUT2D eigenvalue weighted by molar-refractivity contribution is 5.34. The zero-order valence-electron chi connectivity index (χ0n) is 11.3. The van der Waals surface area contributed by atoms with Crippen molar-refractivity contribution < 1.29 is 17.6 Å². The second-order valence-electron chi connectivity index (χ2n) is 5.09. The van der Waals surface area contributed by atoms with Gasteiger partial charge in [0.15, 0.2) is 0 Å². The van der Waals surface area contributed by atoms with Crippen LogP contribution in [0.5, 0.6) is 0 Å². The van der Waals surface area contributed by atoms with Gasteiger partial charge < -0.3 is 0 Å². The minimum Gasteiger partial charge on any atom is -0.297 e. The molecule has 0 saturated carbocycles. The molecule has 3 nitrogen and oxygen atoms in total. The standard InChI is InChI=1S/C14H15F4N3/c15-13-2-1-11(7-12(13)8-19)9-20-3-5-21(6-4-20)10-14(16,17)18/h1-2,7H,3-6,9-10H2. The van der Waals surface area contributed by atoms with Gasteiger partial charge in [-0.2, -0.15) is 18.4 Å². The first-order chi connectivity index (χ1) is 9.87. The van der Waals surface area contributed by atoms with Crippen LogP contribution in [0.3, 0.4) is 0 Å². The van der Waals surface area contributed by atoms with Crippen molar-refractivity contribution in [3.63, 3.8) is 0 Å². The van der Waals surface area contributed by atoms with E-state index in [9.17, 15) is 17.6 Å². The molecule has 0 aliphatic carbocycles. The van der Waals surface area contributed by atoms with Crippen LogP contribution in [0, 0.1) is 17.1 Å². The molecule has 1 saturated heterocycles. The Morgan fingerprint density at radius 1 is 1.10 bits per heavy atom. The number of halogens is 4. The molecular formula is C14H15F4N3. The van der Waals surface area contributed by atoms with Gasteiger partial charge in [0.1, 0.15) is 11.9 Å². The summed E-state index contributed by atoms with van der Waals surface area (Å²) < 4.78 is 50.1. The molecule has 0 atom stereocenters. The molecule has 0 bridgehead atoms. The lowest BCUT2D eigenvalue weighted by atomic mass is 10.1. The molecule has 1 heterocycles. The van der Waals surface area contributed by atoms with E-state index in [0.29, 0.717) is 32.7 Å². The third kappa shape index (κ3) is 4.69. The van der Waals surface area contributed by atoms with E-state index in [2.05, 4.69) is 0 Å². The van der Waals surface area contributed by atoms with E-state index in [1.807, 2.05) is 4.90 Å². The number of benzene rings is 1. The van der Waals surface area contributed by atoms with E-state index in [4.69, 9.17) is 5.26 Å². The van der Waals surface area contributed by atoms with Crippen LogP contribution in [0.25, 0.3) is 0 Å². The Bertz CT molecular complexity index is 528. The van der Waals surface area contributed by atoms with Gasteiger partial charge in [-0.1, -0.05) is 6.07 Å². The van der Waals surface area contributed by atoms with Crippen LogP contribution in [0.15, 0.2) is 18.2 Å². The number of hydrogen-bond acceptors (Lipinski definition) is 3. The van der Waals surface area contributed by atoms with Crippen molar-refractivity contribution in [2.24, 2.45) is 0 Å². The minimum atomic E-state index is -4.17. The van der Waals surface area contributed by atoms with Gasteiger partial charge in [0, 0.05) is 32.7 Å². The molecular weight excluding hydrogens is 286 g/mol. The average Bonchev–Trinajstić information content (AvgIpc) is 2.41. The summed E-state index contributed by atoms with van der Waals surface area (Å²) in [5.41, 5.74) is 0.778. The SMILES string of the molecule is N#Cc1cc(CN2CCN(CC(F)(F)F)CC2)ccc1F. The van der Waals surface area contributed by atoms with E-state index in [1.54, 1.807) is 12.1 Å². The average molecular weight is 301 g/mol. The zero-order valence-corrected chi connectivity index (χ0v) is 11.3. The Morgan fingerprint density at radius 2 is 1.71 bits per heavy atom. The quantitative estimate of drug-likeness (QED) is 0.803. The number of rotatable bonds is 3. The highest BCUT2D eigenvalue weighted by Crippen LogP contribution is 2.18. The summed E-state index contributed by atoms with van der Waals surface area (Å²) in [6.07, 6.45) is -4.17. The van der Waals surface area contributed by atoms with Crippen molar-refractivity contribution in [2.45, 2.75) is 12.7 Å². The summed E-state index contributed by atoms with van der Waals surface area (Å²) in [6, 6.07) is 6.10. The van der Waals surface area contributed by atoms with Crippen molar-refractivity contribution in [3.05, 3.63) is 35.1 Å². The maximum Gasteiger partial charge on any atom is 0.401 e. The van der Waals surface area contributed by atoms with Crippen molar-refractivity contribution in [1.82, 2.24) is 9.80 Å². The van der Waals surface area contributed by atoms with Crippen LogP contribution in [-0.4, -0.2) is 48.7 Å². The summed E-state index contributed by atoms with van der Waals surface area (Å²) in [5, 5.41) is 8.77. The van der Waals surface area contributed by atoms with Crippen molar-refractivity contribution in [2.75, 3.05) is 32.7 Å².